The van der Waals surface area contributed by atoms with Gasteiger partial charge in [-0.15, -0.1) is 0 Å². The molecule has 3 aromatic rings. The number of aromatic nitrogens is 4. The van der Waals surface area contributed by atoms with Crippen molar-refractivity contribution < 1.29 is 4.39 Å². The summed E-state index contributed by atoms with van der Waals surface area (Å²) in [6.07, 6.45) is 3.54. The molecule has 0 bridgehead atoms. The summed E-state index contributed by atoms with van der Waals surface area (Å²) in [5, 5.41) is 15.5. The van der Waals surface area contributed by atoms with Gasteiger partial charge >= 0.3 is 0 Å². The van der Waals surface area contributed by atoms with Gasteiger partial charge in [0.15, 0.2) is 10.9 Å². The average Bonchev–Trinajstić information content (AvgIpc) is 3.17. The van der Waals surface area contributed by atoms with E-state index in [1.807, 2.05) is 18.7 Å². The molecule has 0 spiro atoms. The molecule has 6 nitrogen and oxygen atoms in total. The molecule has 0 unspecified atom stereocenters. The highest BCUT2D eigenvalue weighted by molar-refractivity contribution is 7.80. The smallest absolute Gasteiger partial charge is 0.172 e. The Balaban J connectivity index is 1.58. The molecule has 2 aromatic heterocycles. The molecular formula is C17H18ClFN6S. The summed E-state index contributed by atoms with van der Waals surface area (Å²) in [4.78, 5) is 0. The highest BCUT2D eigenvalue weighted by Crippen LogP contribution is 2.20. The molecule has 2 heterocycles. The number of anilines is 1. The molecule has 136 valence electrons. The number of thiocarbonyl (C=S) groups is 1. The standard InChI is InChI=1S/C17H18ClFN6S/c1-11-12(9-21-24(11)2)8-20-17(26)22-16-6-7-25(23-16)10-13-14(18)4-3-5-15(13)19/h3-7,9H,8,10H2,1-2H3,(H2,20,22,23,26). The zero-order valence-electron chi connectivity index (χ0n) is 14.3. The summed E-state index contributed by atoms with van der Waals surface area (Å²) in [5.41, 5.74) is 2.54. The lowest BCUT2D eigenvalue weighted by Gasteiger charge is -2.09. The summed E-state index contributed by atoms with van der Waals surface area (Å²) in [6.45, 7) is 2.80. The highest BCUT2D eigenvalue weighted by atomic mass is 35.5. The maximum atomic E-state index is 13.9. The Kier molecular flexibility index (Phi) is 5.53. The first-order valence-electron chi connectivity index (χ1n) is 7.92. The topological polar surface area (TPSA) is 59.7 Å². The van der Waals surface area contributed by atoms with E-state index in [0.29, 0.717) is 28.1 Å². The van der Waals surface area contributed by atoms with Crippen molar-refractivity contribution in [2.24, 2.45) is 7.05 Å². The SMILES string of the molecule is Cc1c(CNC(=S)Nc2ccn(Cc3c(F)cccc3Cl)n2)cnn1C. The summed E-state index contributed by atoms with van der Waals surface area (Å²) in [5.74, 6) is 0.212. The van der Waals surface area contributed by atoms with Gasteiger partial charge in [-0.2, -0.15) is 10.2 Å². The number of nitrogens with one attached hydrogen (secondary N) is 2. The molecule has 9 heteroatoms. The average molecular weight is 393 g/mol. The van der Waals surface area contributed by atoms with Crippen LogP contribution in [0.2, 0.25) is 5.02 Å². The number of rotatable bonds is 5. The first-order chi connectivity index (χ1) is 12.4. The van der Waals surface area contributed by atoms with Crippen molar-refractivity contribution in [1.82, 2.24) is 24.9 Å². The van der Waals surface area contributed by atoms with E-state index in [1.54, 1.807) is 35.3 Å². The zero-order chi connectivity index (χ0) is 18.7. The zero-order valence-corrected chi connectivity index (χ0v) is 15.9. The molecule has 0 saturated heterocycles. The monoisotopic (exact) mass is 392 g/mol. The van der Waals surface area contributed by atoms with Crippen LogP contribution in [0.5, 0.6) is 0 Å². The fourth-order valence-corrected chi connectivity index (χ4v) is 2.82. The lowest BCUT2D eigenvalue weighted by atomic mass is 10.2. The fraction of sp³-hybridized carbons (Fsp3) is 0.235. The molecule has 0 aliphatic rings. The number of nitrogens with zero attached hydrogens (tertiary/aromatic N) is 4. The van der Waals surface area contributed by atoms with Crippen LogP contribution in [0.25, 0.3) is 0 Å². The van der Waals surface area contributed by atoms with Crippen LogP contribution in [-0.4, -0.2) is 24.7 Å². The molecule has 26 heavy (non-hydrogen) atoms. The third kappa shape index (κ3) is 4.20. The van der Waals surface area contributed by atoms with E-state index in [4.69, 9.17) is 23.8 Å². The molecule has 2 N–H and O–H groups in total. The Morgan fingerprint density at radius 1 is 1.35 bits per heavy atom. The van der Waals surface area contributed by atoms with Gasteiger partial charge < -0.3 is 10.6 Å². The third-order valence-electron chi connectivity index (χ3n) is 4.04. The predicted octanol–water partition coefficient (Wildman–Crippen LogP) is 3.25. The van der Waals surface area contributed by atoms with Gasteiger partial charge in [-0.25, -0.2) is 4.39 Å². The van der Waals surface area contributed by atoms with Crippen LogP contribution in [0.3, 0.4) is 0 Å². The molecule has 0 amide bonds. The van der Waals surface area contributed by atoms with Crippen molar-refractivity contribution in [2.75, 3.05) is 5.32 Å². The third-order valence-corrected chi connectivity index (χ3v) is 4.64. The van der Waals surface area contributed by atoms with Gasteiger partial charge in [-0.05, 0) is 31.3 Å². The van der Waals surface area contributed by atoms with E-state index < -0.39 is 0 Å². The first kappa shape index (κ1) is 18.3. The molecule has 0 atom stereocenters. The van der Waals surface area contributed by atoms with Gasteiger partial charge in [0, 0.05) is 47.7 Å². The van der Waals surface area contributed by atoms with Gasteiger partial charge in [0.25, 0.3) is 0 Å². The van der Waals surface area contributed by atoms with Crippen molar-refractivity contribution in [3.05, 3.63) is 64.3 Å². The van der Waals surface area contributed by atoms with E-state index >= 15 is 0 Å². The maximum absolute atomic E-state index is 13.9. The fourth-order valence-electron chi connectivity index (χ4n) is 2.42. The van der Waals surface area contributed by atoms with E-state index in [-0.39, 0.29) is 12.4 Å². The van der Waals surface area contributed by atoms with Crippen LogP contribution in [0, 0.1) is 12.7 Å². The Morgan fingerprint density at radius 3 is 2.85 bits per heavy atom. The van der Waals surface area contributed by atoms with Crippen LogP contribution < -0.4 is 10.6 Å². The lowest BCUT2D eigenvalue weighted by molar-refractivity contribution is 0.586. The Labute approximate surface area is 161 Å². The molecule has 0 aliphatic heterocycles. The van der Waals surface area contributed by atoms with Crippen LogP contribution in [0.15, 0.2) is 36.7 Å². The van der Waals surface area contributed by atoms with Crippen LogP contribution in [0.1, 0.15) is 16.8 Å². The number of halogens is 2. The van der Waals surface area contributed by atoms with E-state index in [9.17, 15) is 4.39 Å². The Morgan fingerprint density at radius 2 is 2.15 bits per heavy atom. The highest BCUT2D eigenvalue weighted by Gasteiger charge is 2.09. The van der Waals surface area contributed by atoms with E-state index in [0.717, 1.165) is 11.3 Å². The Bertz CT molecular complexity index is 915. The number of hydrogen-bond donors (Lipinski definition) is 2. The summed E-state index contributed by atoms with van der Waals surface area (Å²) in [6, 6.07) is 6.37. The maximum Gasteiger partial charge on any atom is 0.172 e. The van der Waals surface area contributed by atoms with Crippen molar-refractivity contribution >= 4 is 34.7 Å². The second-order valence-electron chi connectivity index (χ2n) is 5.79. The van der Waals surface area contributed by atoms with Gasteiger partial charge in [0.05, 0.1) is 12.7 Å². The Hall–Kier alpha value is -2.45. The second kappa shape index (κ2) is 7.84. The number of hydrogen-bond acceptors (Lipinski definition) is 3. The van der Waals surface area contributed by atoms with Crippen molar-refractivity contribution in [3.63, 3.8) is 0 Å². The first-order valence-corrected chi connectivity index (χ1v) is 8.71. The quantitative estimate of drug-likeness (QED) is 0.653. The summed E-state index contributed by atoms with van der Waals surface area (Å²) in [7, 11) is 1.89. The molecule has 0 aliphatic carbocycles. The van der Waals surface area contributed by atoms with Crippen molar-refractivity contribution in [2.45, 2.75) is 20.0 Å². The molecule has 1 aromatic carbocycles. The van der Waals surface area contributed by atoms with E-state index in [1.165, 1.54) is 6.07 Å². The van der Waals surface area contributed by atoms with Gasteiger partial charge in [0.1, 0.15) is 5.82 Å². The summed E-state index contributed by atoms with van der Waals surface area (Å²) < 4.78 is 17.3. The lowest BCUT2D eigenvalue weighted by Crippen LogP contribution is -2.28. The van der Waals surface area contributed by atoms with Gasteiger partial charge in [-0.3, -0.25) is 9.36 Å². The van der Waals surface area contributed by atoms with Crippen molar-refractivity contribution in [3.8, 4) is 0 Å². The molecule has 0 radical (unpaired) electrons. The van der Waals surface area contributed by atoms with Crippen LogP contribution >= 0.6 is 23.8 Å². The minimum absolute atomic E-state index is 0.238. The van der Waals surface area contributed by atoms with Crippen LogP contribution in [0.4, 0.5) is 10.2 Å². The predicted molar refractivity (Wildman–Crippen MR) is 104 cm³/mol. The van der Waals surface area contributed by atoms with Gasteiger partial charge in [-0.1, -0.05) is 17.7 Å². The largest absolute Gasteiger partial charge is 0.358 e. The second-order valence-corrected chi connectivity index (χ2v) is 6.60. The number of benzene rings is 1. The minimum Gasteiger partial charge on any atom is -0.358 e. The molecular weight excluding hydrogens is 375 g/mol. The normalized spacial score (nSPS) is 10.8. The molecule has 0 fully saturated rings. The van der Waals surface area contributed by atoms with E-state index in [2.05, 4.69) is 20.8 Å². The number of aryl methyl sites for hydroxylation is 1. The van der Waals surface area contributed by atoms with Crippen LogP contribution in [-0.2, 0) is 20.1 Å². The summed E-state index contributed by atoms with van der Waals surface area (Å²) >= 11 is 11.3. The van der Waals surface area contributed by atoms with Crippen molar-refractivity contribution in [1.29, 1.82) is 0 Å². The molecule has 0 saturated carbocycles. The molecule has 3 rings (SSSR count). The van der Waals surface area contributed by atoms with Gasteiger partial charge in [0.2, 0.25) is 0 Å². The minimum atomic E-state index is -0.355.